The molecule has 4 nitrogen and oxygen atoms in total. The predicted molar refractivity (Wildman–Crippen MR) is 23.8 cm³/mol. The molecule has 0 aliphatic heterocycles. The molecule has 7 heavy (non-hydrogen) atoms. The van der Waals surface area contributed by atoms with Gasteiger partial charge < -0.3 is 29.1 Å². The Balaban J connectivity index is -0.00000000333. The third kappa shape index (κ3) is 8610. The molecule has 0 unspecified atom stereocenters. The second-order valence-corrected chi connectivity index (χ2v) is 0.274. The van der Waals surface area contributed by atoms with E-state index in [-0.39, 0.29) is 33.5 Å². The number of hydrogen-bond donors (Lipinski definition) is 0. The second-order valence-electron chi connectivity index (χ2n) is 0.0913. The molecule has 0 aromatic carbocycles. The van der Waals surface area contributed by atoms with E-state index < -0.39 is 0 Å². The van der Waals surface area contributed by atoms with Crippen LogP contribution in [0.2, 0.25) is 0 Å². The topological polar surface area (TPSA) is 118 Å². The minimum Gasteiger partial charge on any atom is -0.696 e. The summed E-state index contributed by atoms with van der Waals surface area (Å²) in [5.74, 6) is 0. The molecule has 0 saturated carbocycles. The Hall–Kier alpha value is 0.109. The summed E-state index contributed by atoms with van der Waals surface area (Å²) in [6.07, 6.45) is 0. The van der Waals surface area contributed by atoms with Gasteiger partial charge in [-0.3, -0.25) is 0 Å². The van der Waals surface area contributed by atoms with E-state index in [4.69, 9.17) is 5.26 Å². The summed E-state index contributed by atoms with van der Waals surface area (Å²) in [4.78, 5) is 0. The van der Waals surface area contributed by atoms with Crippen molar-refractivity contribution >= 4 is 12.6 Å². The predicted octanol–water partition coefficient (Wildman–Crippen LogP) is -2.46. The molecule has 0 amide bonds. The zero-order valence-electron chi connectivity index (χ0n) is 3.21. The summed E-state index contributed by atoms with van der Waals surface area (Å²) in [5, 5.41) is 8.47. The van der Waals surface area contributed by atoms with Crippen molar-refractivity contribution in [2.24, 2.45) is 0 Å². The van der Waals surface area contributed by atoms with Crippen LogP contribution in [0.15, 0.2) is 0 Å². The molecule has 0 spiro atoms. The Bertz CT molecular complexity index is 36.4. The molecule has 46 valence electrons. The Morgan fingerprint density at radius 2 is 1.14 bits per heavy atom. The van der Waals surface area contributed by atoms with Crippen LogP contribution in [0.3, 0.4) is 0 Å². The van der Waals surface area contributed by atoms with Gasteiger partial charge in [0.25, 0.3) is 0 Å². The van der Waals surface area contributed by atoms with Gasteiger partial charge in [-0.05, 0) is 0 Å². The van der Waals surface area contributed by atoms with Crippen LogP contribution in [0.25, 0.3) is 0 Å². The first-order chi connectivity index (χ1) is 1.41. The maximum absolute atomic E-state index is 7.13. The third-order valence-corrected chi connectivity index (χ3v) is 0. The fourth-order valence-electron chi connectivity index (χ4n) is 0. The van der Waals surface area contributed by atoms with E-state index in [2.05, 4.69) is 12.6 Å². The fraction of sp³-hybridized carbons (Fsp3) is 0. The number of rotatable bonds is 0. The Labute approximate surface area is 57.3 Å². The Morgan fingerprint density at radius 3 is 1.14 bits per heavy atom. The molecule has 0 aromatic rings. The van der Waals surface area contributed by atoms with Crippen LogP contribution in [-0.4, -0.2) is 16.4 Å². The molecule has 6 N–H and O–H groups in total. The number of nitrogens with zero attached hydrogens (tertiary/aromatic N) is 1. The van der Waals surface area contributed by atoms with Gasteiger partial charge in [0, 0.05) is 0 Å². The van der Waals surface area contributed by atoms with Crippen molar-refractivity contribution in [1.82, 2.24) is 0 Å². The molecule has 0 heterocycles. The monoisotopic (exact) mass is 168 g/mol. The average Bonchev–Trinajstić information content (AvgIpc) is 0.918. The van der Waals surface area contributed by atoms with Gasteiger partial charge in [-0.15, -0.1) is 0 Å². The van der Waals surface area contributed by atoms with E-state index in [0.29, 0.717) is 0 Å². The fourth-order valence-corrected chi connectivity index (χ4v) is 0. The standard InChI is InChI=1S/CHNS.Fe.3H2O/c2-1-3;;;;/h3H;;3*1H2/q;+2;;;/p-1. The van der Waals surface area contributed by atoms with Gasteiger partial charge in [0.15, 0.2) is 0 Å². The van der Waals surface area contributed by atoms with Gasteiger partial charge in [-0.1, -0.05) is 5.40 Å². The van der Waals surface area contributed by atoms with Crippen LogP contribution in [-0.2, 0) is 29.7 Å². The molecular weight excluding hydrogens is 162 g/mol. The van der Waals surface area contributed by atoms with Crippen LogP contribution in [0.1, 0.15) is 0 Å². The van der Waals surface area contributed by atoms with E-state index in [0.717, 1.165) is 0 Å². The number of hydrogen-bond acceptors (Lipinski definition) is 2. The molecule has 0 radical (unpaired) electrons. The molecule has 0 fully saturated rings. The molecule has 0 atom stereocenters. The summed E-state index contributed by atoms with van der Waals surface area (Å²) in [6, 6.07) is 0. The van der Waals surface area contributed by atoms with Gasteiger partial charge >= 0.3 is 17.1 Å². The summed E-state index contributed by atoms with van der Waals surface area (Å²) < 4.78 is 0. The molecule has 0 aliphatic rings. The van der Waals surface area contributed by atoms with Crippen LogP contribution < -0.4 is 0 Å². The Kier molecular flexibility index (Phi) is 1100. The maximum Gasteiger partial charge on any atom is 2.00 e. The smallest absolute Gasteiger partial charge is 0.696 e. The Morgan fingerprint density at radius 1 is 1.14 bits per heavy atom. The molecule has 0 aromatic heterocycles. The van der Waals surface area contributed by atoms with E-state index >= 15 is 0 Å². The maximum atomic E-state index is 7.13. The van der Waals surface area contributed by atoms with Crippen LogP contribution in [0, 0.1) is 10.7 Å². The van der Waals surface area contributed by atoms with Crippen molar-refractivity contribution in [3.05, 3.63) is 0 Å². The summed E-state index contributed by atoms with van der Waals surface area (Å²) in [5.41, 5.74) is 0. The zero-order valence-corrected chi connectivity index (χ0v) is 5.13. The van der Waals surface area contributed by atoms with Crippen molar-refractivity contribution in [2.45, 2.75) is 0 Å². The SMILES string of the molecule is N#C[S-].O.O.O.[Fe+2]. The van der Waals surface area contributed by atoms with E-state index in [1.165, 1.54) is 5.40 Å². The summed E-state index contributed by atoms with van der Waals surface area (Å²) in [6.45, 7) is 0. The van der Waals surface area contributed by atoms with Crippen molar-refractivity contribution in [3.63, 3.8) is 0 Å². The number of thiocyanates is 1. The average molecular weight is 168 g/mol. The largest absolute Gasteiger partial charge is 2.00 e. The number of nitriles is 1. The van der Waals surface area contributed by atoms with Gasteiger partial charge in [0.05, 0.1) is 0 Å². The second kappa shape index (κ2) is 130. The van der Waals surface area contributed by atoms with Gasteiger partial charge in [-0.2, -0.15) is 0 Å². The van der Waals surface area contributed by atoms with Crippen LogP contribution >= 0.6 is 0 Å². The van der Waals surface area contributed by atoms with Gasteiger partial charge in [0.2, 0.25) is 0 Å². The molecule has 0 bridgehead atoms. The third-order valence-electron chi connectivity index (χ3n) is 0. The van der Waals surface area contributed by atoms with Crippen molar-refractivity contribution < 1.29 is 33.5 Å². The molecule has 0 aliphatic carbocycles. The first-order valence-electron chi connectivity index (χ1n) is 0.428. The minimum atomic E-state index is 0. The minimum absolute atomic E-state index is 0. The van der Waals surface area contributed by atoms with E-state index in [9.17, 15) is 0 Å². The van der Waals surface area contributed by atoms with E-state index in [1.807, 2.05) is 0 Å². The zero-order chi connectivity index (χ0) is 2.71. The van der Waals surface area contributed by atoms with Gasteiger partial charge in [0.1, 0.15) is 0 Å². The van der Waals surface area contributed by atoms with E-state index in [1.54, 1.807) is 0 Å². The molecular formula is CH6FeNO3S+. The van der Waals surface area contributed by atoms with Crippen molar-refractivity contribution in [1.29, 1.82) is 5.26 Å². The first-order valence-corrected chi connectivity index (χ1v) is 0.836. The first kappa shape index (κ1) is 59.6. The van der Waals surface area contributed by atoms with Crippen molar-refractivity contribution in [2.75, 3.05) is 0 Å². The van der Waals surface area contributed by atoms with Gasteiger partial charge in [-0.25, -0.2) is 5.26 Å². The molecule has 0 rings (SSSR count). The molecule has 0 saturated heterocycles. The normalized spacial score (nSPS) is 1.00. The van der Waals surface area contributed by atoms with Crippen LogP contribution in [0.4, 0.5) is 0 Å². The summed E-state index contributed by atoms with van der Waals surface area (Å²) >= 11 is 3.70. The molecule has 6 heteroatoms. The quantitative estimate of drug-likeness (QED) is 0.226. The van der Waals surface area contributed by atoms with Crippen molar-refractivity contribution in [3.8, 4) is 5.40 Å². The van der Waals surface area contributed by atoms with Crippen LogP contribution in [0.5, 0.6) is 0 Å². The summed E-state index contributed by atoms with van der Waals surface area (Å²) in [7, 11) is 0.